The molecule has 0 saturated heterocycles. The molecular weight excluding hydrogens is 234 g/mol. The van der Waals surface area contributed by atoms with Gasteiger partial charge in [-0.1, -0.05) is 65.2 Å². The molecule has 0 aromatic carbocycles. The standard InChI is InChI=1S/C17H35NO/c1-3-5-6-7-8-12-15-19-17-14-11-9-10-13-16(17)18-4-2/h16-18H,3-15H2,1-2H3. The van der Waals surface area contributed by atoms with Crippen molar-refractivity contribution in [2.24, 2.45) is 0 Å². The number of likely N-dealkylation sites (N-methyl/N-ethyl adjacent to an activating group) is 1. The van der Waals surface area contributed by atoms with Crippen molar-refractivity contribution in [2.75, 3.05) is 13.2 Å². The van der Waals surface area contributed by atoms with E-state index < -0.39 is 0 Å². The zero-order chi connectivity index (χ0) is 13.8. The highest BCUT2D eigenvalue weighted by molar-refractivity contribution is 4.79. The molecule has 19 heavy (non-hydrogen) atoms. The summed E-state index contributed by atoms with van der Waals surface area (Å²) in [5.74, 6) is 0. The van der Waals surface area contributed by atoms with Crippen molar-refractivity contribution in [3.05, 3.63) is 0 Å². The summed E-state index contributed by atoms with van der Waals surface area (Å²) in [5.41, 5.74) is 0. The smallest absolute Gasteiger partial charge is 0.0728 e. The van der Waals surface area contributed by atoms with Gasteiger partial charge in [-0.15, -0.1) is 0 Å². The Hall–Kier alpha value is -0.0800. The molecule has 2 unspecified atom stereocenters. The van der Waals surface area contributed by atoms with Crippen LogP contribution < -0.4 is 5.32 Å². The number of hydrogen-bond donors (Lipinski definition) is 1. The highest BCUT2D eigenvalue weighted by Gasteiger charge is 2.23. The van der Waals surface area contributed by atoms with Crippen LogP contribution in [0.1, 0.15) is 84.5 Å². The van der Waals surface area contributed by atoms with Crippen molar-refractivity contribution < 1.29 is 4.74 Å². The summed E-state index contributed by atoms with van der Waals surface area (Å²) in [5, 5.41) is 3.62. The van der Waals surface area contributed by atoms with E-state index in [1.807, 2.05) is 0 Å². The first-order valence-electron chi connectivity index (χ1n) is 8.73. The summed E-state index contributed by atoms with van der Waals surface area (Å²) in [4.78, 5) is 0. The Morgan fingerprint density at radius 2 is 1.63 bits per heavy atom. The van der Waals surface area contributed by atoms with Gasteiger partial charge in [0.1, 0.15) is 0 Å². The quantitative estimate of drug-likeness (QED) is 0.459. The molecule has 2 heteroatoms. The van der Waals surface area contributed by atoms with E-state index in [1.165, 1.54) is 70.6 Å². The van der Waals surface area contributed by atoms with Crippen LogP contribution in [0.5, 0.6) is 0 Å². The molecule has 0 amide bonds. The van der Waals surface area contributed by atoms with Crippen LogP contribution in [0.2, 0.25) is 0 Å². The minimum atomic E-state index is 0.470. The van der Waals surface area contributed by atoms with E-state index in [1.54, 1.807) is 0 Å². The first kappa shape index (κ1) is 17.0. The van der Waals surface area contributed by atoms with Gasteiger partial charge >= 0.3 is 0 Å². The van der Waals surface area contributed by atoms with Gasteiger partial charge in [-0.3, -0.25) is 0 Å². The minimum absolute atomic E-state index is 0.470. The summed E-state index contributed by atoms with van der Waals surface area (Å²) in [6.07, 6.45) is 15.3. The van der Waals surface area contributed by atoms with E-state index in [0.717, 1.165) is 13.2 Å². The number of nitrogens with one attached hydrogen (secondary N) is 1. The minimum Gasteiger partial charge on any atom is -0.377 e. The molecule has 2 nitrogen and oxygen atoms in total. The predicted octanol–water partition coefficient (Wildman–Crippen LogP) is 4.67. The molecule has 1 N–H and O–H groups in total. The molecule has 1 aliphatic carbocycles. The van der Waals surface area contributed by atoms with Gasteiger partial charge in [-0.25, -0.2) is 0 Å². The average Bonchev–Trinajstić information content (AvgIpc) is 2.64. The second kappa shape index (κ2) is 11.7. The van der Waals surface area contributed by atoms with Crippen LogP contribution in [0.3, 0.4) is 0 Å². The van der Waals surface area contributed by atoms with Gasteiger partial charge in [0.25, 0.3) is 0 Å². The predicted molar refractivity (Wildman–Crippen MR) is 83.7 cm³/mol. The van der Waals surface area contributed by atoms with Crippen LogP contribution in [0.15, 0.2) is 0 Å². The molecule has 0 radical (unpaired) electrons. The average molecular weight is 269 g/mol. The Labute approximate surface area is 120 Å². The third-order valence-electron chi connectivity index (χ3n) is 4.25. The van der Waals surface area contributed by atoms with E-state index in [-0.39, 0.29) is 0 Å². The van der Waals surface area contributed by atoms with Gasteiger partial charge in [0, 0.05) is 12.6 Å². The van der Waals surface area contributed by atoms with Gasteiger partial charge in [0.05, 0.1) is 6.10 Å². The molecule has 0 aromatic heterocycles. The summed E-state index contributed by atoms with van der Waals surface area (Å²) in [6, 6.07) is 0.604. The molecule has 114 valence electrons. The van der Waals surface area contributed by atoms with E-state index in [2.05, 4.69) is 19.2 Å². The fourth-order valence-electron chi connectivity index (χ4n) is 3.09. The van der Waals surface area contributed by atoms with Crippen LogP contribution in [0.4, 0.5) is 0 Å². The van der Waals surface area contributed by atoms with Crippen molar-refractivity contribution in [3.63, 3.8) is 0 Å². The second-order valence-electron chi connectivity index (χ2n) is 5.98. The largest absolute Gasteiger partial charge is 0.377 e. The lowest BCUT2D eigenvalue weighted by Crippen LogP contribution is -2.40. The van der Waals surface area contributed by atoms with Crippen molar-refractivity contribution in [1.82, 2.24) is 5.32 Å². The zero-order valence-electron chi connectivity index (χ0n) is 13.3. The maximum absolute atomic E-state index is 6.17. The Morgan fingerprint density at radius 3 is 2.42 bits per heavy atom. The van der Waals surface area contributed by atoms with Gasteiger partial charge in [-0.2, -0.15) is 0 Å². The molecule has 1 aliphatic rings. The van der Waals surface area contributed by atoms with Crippen molar-refractivity contribution in [1.29, 1.82) is 0 Å². The lowest BCUT2D eigenvalue weighted by atomic mass is 10.1. The summed E-state index contributed by atoms with van der Waals surface area (Å²) >= 11 is 0. The molecule has 0 heterocycles. The topological polar surface area (TPSA) is 21.3 Å². The van der Waals surface area contributed by atoms with Crippen molar-refractivity contribution >= 4 is 0 Å². The molecule has 1 rings (SSSR count). The molecule has 0 aliphatic heterocycles. The molecule has 0 spiro atoms. The van der Waals surface area contributed by atoms with Gasteiger partial charge in [-0.05, 0) is 25.8 Å². The van der Waals surface area contributed by atoms with Crippen LogP contribution >= 0.6 is 0 Å². The fraction of sp³-hybridized carbons (Fsp3) is 1.00. The molecular formula is C17H35NO. The normalized spacial score (nSPS) is 24.3. The lowest BCUT2D eigenvalue weighted by molar-refractivity contribution is 0.0204. The first-order valence-corrected chi connectivity index (χ1v) is 8.73. The second-order valence-corrected chi connectivity index (χ2v) is 5.98. The SMILES string of the molecule is CCCCCCCCOC1CCCCCC1NCC. The van der Waals surface area contributed by atoms with Gasteiger partial charge in [0.15, 0.2) is 0 Å². The maximum atomic E-state index is 6.17. The number of unbranched alkanes of at least 4 members (excludes halogenated alkanes) is 5. The molecule has 0 aromatic rings. The van der Waals surface area contributed by atoms with Gasteiger partial charge < -0.3 is 10.1 Å². The Balaban J connectivity index is 2.10. The van der Waals surface area contributed by atoms with E-state index in [9.17, 15) is 0 Å². The Morgan fingerprint density at radius 1 is 0.895 bits per heavy atom. The first-order chi connectivity index (χ1) is 9.38. The van der Waals surface area contributed by atoms with Crippen LogP contribution in [-0.2, 0) is 4.74 Å². The van der Waals surface area contributed by atoms with E-state index in [4.69, 9.17) is 4.74 Å². The summed E-state index contributed by atoms with van der Waals surface area (Å²) in [7, 11) is 0. The highest BCUT2D eigenvalue weighted by atomic mass is 16.5. The van der Waals surface area contributed by atoms with Crippen LogP contribution in [0.25, 0.3) is 0 Å². The number of ether oxygens (including phenoxy) is 1. The van der Waals surface area contributed by atoms with E-state index in [0.29, 0.717) is 12.1 Å². The van der Waals surface area contributed by atoms with Crippen LogP contribution in [0, 0.1) is 0 Å². The van der Waals surface area contributed by atoms with Crippen LogP contribution in [-0.4, -0.2) is 25.3 Å². The lowest BCUT2D eigenvalue weighted by Gasteiger charge is -2.26. The molecule has 1 fully saturated rings. The Kier molecular flexibility index (Phi) is 10.5. The molecule has 1 saturated carbocycles. The van der Waals surface area contributed by atoms with Crippen molar-refractivity contribution in [3.8, 4) is 0 Å². The maximum Gasteiger partial charge on any atom is 0.0728 e. The Bertz CT molecular complexity index is 196. The molecule has 0 bridgehead atoms. The monoisotopic (exact) mass is 269 g/mol. The molecule has 2 atom stereocenters. The summed E-state index contributed by atoms with van der Waals surface area (Å²) < 4.78 is 6.17. The number of hydrogen-bond acceptors (Lipinski definition) is 2. The third kappa shape index (κ3) is 7.94. The zero-order valence-corrected chi connectivity index (χ0v) is 13.3. The van der Waals surface area contributed by atoms with Gasteiger partial charge in [0.2, 0.25) is 0 Å². The fourth-order valence-corrected chi connectivity index (χ4v) is 3.09. The summed E-state index contributed by atoms with van der Waals surface area (Å²) in [6.45, 7) is 6.52. The van der Waals surface area contributed by atoms with Crippen molar-refractivity contribution in [2.45, 2.75) is 96.6 Å². The highest BCUT2D eigenvalue weighted by Crippen LogP contribution is 2.21. The number of rotatable bonds is 10. The third-order valence-corrected chi connectivity index (χ3v) is 4.25. The van der Waals surface area contributed by atoms with E-state index >= 15 is 0 Å².